The summed E-state index contributed by atoms with van der Waals surface area (Å²) in [5.74, 6) is -1.15. The third-order valence-electron chi connectivity index (χ3n) is 6.11. The number of halogens is 2. The van der Waals surface area contributed by atoms with Crippen molar-refractivity contribution in [1.82, 2.24) is 4.90 Å². The van der Waals surface area contributed by atoms with Crippen molar-refractivity contribution in [3.05, 3.63) is 71.3 Å². The van der Waals surface area contributed by atoms with Gasteiger partial charge >= 0.3 is 0 Å². The Morgan fingerprint density at radius 3 is 2.56 bits per heavy atom. The Balaban J connectivity index is 1.75. The number of amides is 1. The quantitative estimate of drug-likeness (QED) is 0.846. The van der Waals surface area contributed by atoms with E-state index in [2.05, 4.69) is 0 Å². The van der Waals surface area contributed by atoms with E-state index < -0.39 is 11.4 Å². The molecule has 5 heteroatoms. The van der Waals surface area contributed by atoms with Gasteiger partial charge in [-0.1, -0.05) is 31.0 Å². The second-order valence-electron chi connectivity index (χ2n) is 7.71. The minimum absolute atomic E-state index is 0.108. The number of carbonyl (C=O) groups is 1. The number of fused-ring (bicyclic) bond motifs is 1. The average Bonchev–Trinajstić information content (AvgIpc) is 2.67. The van der Waals surface area contributed by atoms with Crippen LogP contribution in [0.5, 0.6) is 0 Å². The summed E-state index contributed by atoms with van der Waals surface area (Å²) in [5, 5.41) is 11.2. The Bertz CT molecular complexity index is 838. The number of carbonyl (C=O) groups excluding carboxylic acids is 1. The molecule has 3 nitrogen and oxygen atoms in total. The zero-order valence-electron chi connectivity index (χ0n) is 15.1. The molecule has 2 fully saturated rings. The number of aliphatic hydroxyl groups is 1. The molecule has 1 saturated heterocycles. The lowest BCUT2D eigenvalue weighted by Crippen LogP contribution is -2.56. The maximum absolute atomic E-state index is 13.6. The molecule has 1 aliphatic heterocycles. The minimum Gasteiger partial charge on any atom is -0.389 e. The first kappa shape index (κ1) is 18.1. The van der Waals surface area contributed by atoms with Crippen LogP contribution in [-0.4, -0.2) is 28.1 Å². The summed E-state index contributed by atoms with van der Waals surface area (Å²) >= 11 is 0. The number of hydrogen-bond acceptors (Lipinski definition) is 2. The van der Waals surface area contributed by atoms with Crippen LogP contribution in [0.25, 0.3) is 0 Å². The number of benzene rings is 2. The van der Waals surface area contributed by atoms with Gasteiger partial charge in [-0.3, -0.25) is 4.79 Å². The van der Waals surface area contributed by atoms with Gasteiger partial charge < -0.3 is 10.0 Å². The predicted molar refractivity (Wildman–Crippen MR) is 98.1 cm³/mol. The molecular formula is C22H23F2NO2. The normalized spacial score (nSPS) is 27.9. The van der Waals surface area contributed by atoms with Gasteiger partial charge in [0.05, 0.1) is 11.6 Å². The van der Waals surface area contributed by atoms with Crippen molar-refractivity contribution >= 4 is 5.91 Å². The lowest BCUT2D eigenvalue weighted by Gasteiger charge is -2.52. The van der Waals surface area contributed by atoms with Crippen molar-refractivity contribution in [3.8, 4) is 0 Å². The van der Waals surface area contributed by atoms with Gasteiger partial charge in [-0.25, -0.2) is 8.78 Å². The van der Waals surface area contributed by atoms with Crippen LogP contribution < -0.4 is 0 Å². The van der Waals surface area contributed by atoms with E-state index in [1.54, 1.807) is 23.1 Å². The minimum atomic E-state index is -0.810. The summed E-state index contributed by atoms with van der Waals surface area (Å²) in [4.78, 5) is 14.9. The molecule has 2 aliphatic rings. The Labute approximate surface area is 157 Å². The van der Waals surface area contributed by atoms with E-state index in [1.807, 2.05) is 0 Å². The molecule has 142 valence electrons. The zero-order valence-corrected chi connectivity index (χ0v) is 15.1. The molecule has 1 heterocycles. The van der Waals surface area contributed by atoms with Gasteiger partial charge in [0.25, 0.3) is 5.91 Å². The van der Waals surface area contributed by atoms with Crippen LogP contribution in [0.2, 0.25) is 0 Å². The van der Waals surface area contributed by atoms with E-state index in [1.165, 1.54) is 30.3 Å². The van der Waals surface area contributed by atoms with E-state index in [9.17, 15) is 18.7 Å². The van der Waals surface area contributed by atoms with Crippen LogP contribution in [0.1, 0.15) is 54.1 Å². The van der Waals surface area contributed by atoms with Crippen molar-refractivity contribution in [2.75, 3.05) is 6.54 Å². The van der Waals surface area contributed by atoms with Gasteiger partial charge in [0.15, 0.2) is 0 Å². The SMILES string of the molecule is O=C(c1cccc(F)c1)N1CC[C@@]2(O)CCCC[C@H]2[C@@H]1c1ccc(F)cc1. The van der Waals surface area contributed by atoms with E-state index in [4.69, 9.17) is 0 Å². The maximum Gasteiger partial charge on any atom is 0.254 e. The van der Waals surface area contributed by atoms with Crippen LogP contribution in [0.3, 0.4) is 0 Å². The second kappa shape index (κ2) is 7.04. The highest BCUT2D eigenvalue weighted by Crippen LogP contribution is 2.49. The molecule has 0 radical (unpaired) electrons. The van der Waals surface area contributed by atoms with Gasteiger partial charge in [-0.2, -0.15) is 0 Å². The van der Waals surface area contributed by atoms with Crippen molar-refractivity contribution < 1.29 is 18.7 Å². The molecule has 0 bridgehead atoms. The number of nitrogens with zero attached hydrogens (tertiary/aromatic N) is 1. The first-order valence-corrected chi connectivity index (χ1v) is 9.52. The summed E-state index contributed by atoms with van der Waals surface area (Å²) in [5.41, 5.74) is 0.297. The van der Waals surface area contributed by atoms with E-state index in [-0.39, 0.29) is 23.7 Å². The fourth-order valence-electron chi connectivity index (χ4n) is 4.77. The predicted octanol–water partition coefficient (Wildman–Crippen LogP) is 4.47. The van der Waals surface area contributed by atoms with E-state index in [0.29, 0.717) is 18.5 Å². The van der Waals surface area contributed by atoms with Crippen molar-refractivity contribution in [2.24, 2.45) is 5.92 Å². The third-order valence-corrected chi connectivity index (χ3v) is 6.11. The molecular weight excluding hydrogens is 348 g/mol. The van der Waals surface area contributed by atoms with Gasteiger partial charge in [-0.15, -0.1) is 0 Å². The van der Waals surface area contributed by atoms with E-state index in [0.717, 1.165) is 31.2 Å². The van der Waals surface area contributed by atoms with Gasteiger partial charge in [0.1, 0.15) is 11.6 Å². The van der Waals surface area contributed by atoms with Gasteiger partial charge in [-0.05, 0) is 55.2 Å². The monoisotopic (exact) mass is 371 g/mol. The lowest BCUT2D eigenvalue weighted by molar-refractivity contribution is -0.115. The number of likely N-dealkylation sites (tertiary alicyclic amines) is 1. The summed E-state index contributed by atoms with van der Waals surface area (Å²) in [6.07, 6.45) is 4.01. The molecule has 0 aromatic heterocycles. The molecule has 1 amide bonds. The molecule has 27 heavy (non-hydrogen) atoms. The Morgan fingerprint density at radius 2 is 1.81 bits per heavy atom. The molecule has 4 rings (SSSR count). The summed E-state index contributed by atoms with van der Waals surface area (Å²) in [6.45, 7) is 0.393. The van der Waals surface area contributed by atoms with Crippen LogP contribution in [0.15, 0.2) is 48.5 Å². The van der Waals surface area contributed by atoms with Crippen molar-refractivity contribution in [3.63, 3.8) is 0 Å². The Hall–Kier alpha value is -2.27. The van der Waals surface area contributed by atoms with Gasteiger partial charge in [0, 0.05) is 18.0 Å². The molecule has 1 N–H and O–H groups in total. The maximum atomic E-state index is 13.6. The number of piperidine rings is 1. The summed E-state index contributed by atoms with van der Waals surface area (Å²) in [7, 11) is 0. The highest BCUT2D eigenvalue weighted by molar-refractivity contribution is 5.94. The fraction of sp³-hybridized carbons (Fsp3) is 0.409. The fourth-order valence-corrected chi connectivity index (χ4v) is 4.77. The molecule has 0 unspecified atom stereocenters. The standard InChI is InChI=1S/C22H23F2NO2/c23-17-9-7-15(8-10-17)20-19-6-1-2-11-22(19,27)12-13-25(20)21(26)16-4-3-5-18(24)14-16/h3-5,7-10,14,19-20,27H,1-2,6,11-13H2/t19-,20-,22-/m0/s1. The lowest BCUT2D eigenvalue weighted by atomic mass is 9.66. The first-order chi connectivity index (χ1) is 13.0. The Morgan fingerprint density at radius 1 is 1.04 bits per heavy atom. The molecule has 0 spiro atoms. The van der Waals surface area contributed by atoms with Crippen LogP contribution in [0, 0.1) is 17.6 Å². The summed E-state index contributed by atoms with van der Waals surface area (Å²) < 4.78 is 27.1. The molecule has 3 atom stereocenters. The summed E-state index contributed by atoms with van der Waals surface area (Å²) in [6, 6.07) is 11.5. The molecule has 2 aromatic carbocycles. The highest BCUT2D eigenvalue weighted by atomic mass is 19.1. The smallest absolute Gasteiger partial charge is 0.254 e. The molecule has 2 aromatic rings. The average molecular weight is 371 g/mol. The first-order valence-electron chi connectivity index (χ1n) is 9.52. The second-order valence-corrected chi connectivity index (χ2v) is 7.71. The molecule has 1 aliphatic carbocycles. The topological polar surface area (TPSA) is 40.5 Å². The van der Waals surface area contributed by atoms with Crippen LogP contribution in [-0.2, 0) is 0 Å². The van der Waals surface area contributed by atoms with Crippen molar-refractivity contribution in [1.29, 1.82) is 0 Å². The number of hydrogen-bond donors (Lipinski definition) is 1. The Kier molecular flexibility index (Phi) is 4.72. The van der Waals surface area contributed by atoms with Crippen LogP contribution >= 0.6 is 0 Å². The van der Waals surface area contributed by atoms with Crippen LogP contribution in [0.4, 0.5) is 8.78 Å². The molecule has 1 saturated carbocycles. The van der Waals surface area contributed by atoms with E-state index >= 15 is 0 Å². The largest absolute Gasteiger partial charge is 0.389 e. The van der Waals surface area contributed by atoms with Gasteiger partial charge in [0.2, 0.25) is 0 Å². The highest BCUT2D eigenvalue weighted by Gasteiger charge is 2.50. The van der Waals surface area contributed by atoms with Crippen molar-refractivity contribution in [2.45, 2.75) is 43.7 Å². The third kappa shape index (κ3) is 3.36. The zero-order chi connectivity index (χ0) is 19.0. The number of rotatable bonds is 2.